The predicted molar refractivity (Wildman–Crippen MR) is 152 cm³/mol. The number of halogens is 6. The van der Waals surface area contributed by atoms with E-state index >= 15 is 0 Å². The van der Waals surface area contributed by atoms with Gasteiger partial charge in [0, 0.05) is 22.1 Å². The second-order valence-electron chi connectivity index (χ2n) is 11.4. The Labute approximate surface area is 258 Å². The zero-order valence-corrected chi connectivity index (χ0v) is 24.0. The fraction of sp³-hybridized carbons (Fsp3) is 0.344. The molecule has 1 atom stereocenters. The second kappa shape index (κ2) is 11.7. The number of amides is 1. The Bertz CT molecular complexity index is 1790. The van der Waals surface area contributed by atoms with Crippen molar-refractivity contribution in [2.75, 3.05) is 26.5 Å². The van der Waals surface area contributed by atoms with Crippen LogP contribution in [0.3, 0.4) is 0 Å². The fourth-order valence-electron chi connectivity index (χ4n) is 5.20. The number of aromatic nitrogens is 2. The zero-order valence-electron chi connectivity index (χ0n) is 24.0. The van der Waals surface area contributed by atoms with Gasteiger partial charge in [-0.1, -0.05) is 6.07 Å². The third kappa shape index (κ3) is 5.60. The standard InChI is InChI=1S/C32H27F6N3O5/c33-13-30(14-34)16-45-28-23(30)11-25(41-27(28)17-1-4-20(35)5-2-17)31(44,32(36,37)38)15-39-29(43)19-9-18-3-6-21(12-42)40-26(18)24(10-19)46-22-7-8-22/h1-6,9-11,22,42,44H,7-8,12-16H2,(H,39,43)/t31-/m0/s1. The summed E-state index contributed by atoms with van der Waals surface area (Å²) in [7, 11) is 0. The number of rotatable bonds is 10. The molecule has 0 radical (unpaired) electrons. The summed E-state index contributed by atoms with van der Waals surface area (Å²) in [5.41, 5.74) is -6.77. The van der Waals surface area contributed by atoms with Crippen LogP contribution in [0.1, 0.15) is 40.2 Å². The van der Waals surface area contributed by atoms with Gasteiger partial charge in [-0.2, -0.15) is 13.2 Å². The molecule has 0 unspecified atom stereocenters. The minimum absolute atomic E-state index is 0.0684. The Morgan fingerprint density at radius 1 is 1.04 bits per heavy atom. The van der Waals surface area contributed by atoms with Crippen LogP contribution in [-0.2, 0) is 17.6 Å². The first-order valence-corrected chi connectivity index (χ1v) is 14.3. The first-order valence-electron chi connectivity index (χ1n) is 14.3. The highest BCUT2D eigenvalue weighted by Gasteiger charge is 2.57. The molecule has 0 spiro atoms. The molecule has 1 saturated carbocycles. The molecule has 0 saturated heterocycles. The Morgan fingerprint density at radius 3 is 2.39 bits per heavy atom. The molecular weight excluding hydrogens is 620 g/mol. The Hall–Kier alpha value is -4.43. The maximum atomic E-state index is 14.7. The molecule has 1 amide bonds. The molecule has 2 aliphatic rings. The van der Waals surface area contributed by atoms with Crippen molar-refractivity contribution in [3.63, 3.8) is 0 Å². The molecule has 1 fully saturated rings. The summed E-state index contributed by atoms with van der Waals surface area (Å²) >= 11 is 0. The smallest absolute Gasteiger partial charge is 0.424 e. The van der Waals surface area contributed by atoms with Crippen LogP contribution in [0, 0.1) is 5.82 Å². The van der Waals surface area contributed by atoms with Gasteiger partial charge in [-0.3, -0.25) is 4.79 Å². The van der Waals surface area contributed by atoms with Crippen molar-refractivity contribution in [2.24, 2.45) is 0 Å². The van der Waals surface area contributed by atoms with Gasteiger partial charge in [-0.15, -0.1) is 0 Å². The van der Waals surface area contributed by atoms with Gasteiger partial charge in [0.05, 0.1) is 36.1 Å². The lowest BCUT2D eigenvalue weighted by atomic mass is 9.82. The van der Waals surface area contributed by atoms with E-state index in [2.05, 4.69) is 15.3 Å². The minimum Gasteiger partial charge on any atom is -0.490 e. The Balaban J connectivity index is 1.39. The number of hydrogen-bond acceptors (Lipinski definition) is 7. The highest BCUT2D eigenvalue weighted by atomic mass is 19.4. The van der Waals surface area contributed by atoms with Crippen LogP contribution in [0.25, 0.3) is 22.2 Å². The molecule has 4 aromatic rings. The number of aliphatic hydroxyl groups excluding tert-OH is 1. The maximum Gasteiger partial charge on any atom is 0.424 e. The zero-order chi connectivity index (χ0) is 32.9. The van der Waals surface area contributed by atoms with Crippen LogP contribution < -0.4 is 14.8 Å². The second-order valence-corrected chi connectivity index (χ2v) is 11.4. The highest BCUT2D eigenvalue weighted by Crippen LogP contribution is 2.48. The number of carbonyl (C=O) groups is 1. The summed E-state index contributed by atoms with van der Waals surface area (Å²) in [4.78, 5) is 21.6. The molecule has 3 N–H and O–H groups in total. The molecule has 46 heavy (non-hydrogen) atoms. The van der Waals surface area contributed by atoms with E-state index in [0.717, 1.165) is 31.0 Å². The molecule has 0 bridgehead atoms. The van der Waals surface area contributed by atoms with Crippen LogP contribution in [-0.4, -0.2) is 64.9 Å². The maximum absolute atomic E-state index is 14.7. The Kier molecular flexibility index (Phi) is 8.05. The van der Waals surface area contributed by atoms with Gasteiger partial charge in [-0.05, 0) is 61.4 Å². The molecule has 6 rings (SSSR count). The third-order valence-electron chi connectivity index (χ3n) is 8.12. The van der Waals surface area contributed by atoms with Gasteiger partial charge >= 0.3 is 6.18 Å². The first kappa shape index (κ1) is 31.5. The Morgan fingerprint density at radius 2 is 1.76 bits per heavy atom. The number of nitrogens with zero attached hydrogens (tertiary/aromatic N) is 2. The lowest BCUT2D eigenvalue weighted by Crippen LogP contribution is -2.51. The van der Waals surface area contributed by atoms with Crippen molar-refractivity contribution in [3.05, 3.63) is 82.9 Å². The van der Waals surface area contributed by atoms with Crippen LogP contribution in [0.2, 0.25) is 0 Å². The summed E-state index contributed by atoms with van der Waals surface area (Å²) in [5.74, 6) is -1.65. The lowest BCUT2D eigenvalue weighted by molar-refractivity contribution is -0.265. The largest absolute Gasteiger partial charge is 0.490 e. The number of aliphatic hydroxyl groups is 2. The lowest BCUT2D eigenvalue weighted by Gasteiger charge is -2.31. The van der Waals surface area contributed by atoms with Crippen molar-refractivity contribution in [1.29, 1.82) is 0 Å². The molecule has 1 aliphatic heterocycles. The molecular formula is C32H27F6N3O5. The number of pyridine rings is 2. The fourth-order valence-corrected chi connectivity index (χ4v) is 5.20. The van der Waals surface area contributed by atoms with E-state index in [1.807, 2.05) is 0 Å². The van der Waals surface area contributed by atoms with Crippen LogP contribution in [0.4, 0.5) is 26.3 Å². The SMILES string of the molecule is O=C(NC[C@](O)(c1cc2c(c(-c3ccc(F)cc3)n1)OCC2(CF)CF)C(F)(F)F)c1cc(OC2CC2)c2nc(CO)ccc2c1. The van der Waals surface area contributed by atoms with Crippen molar-refractivity contribution < 1.29 is 50.8 Å². The third-order valence-corrected chi connectivity index (χ3v) is 8.12. The summed E-state index contributed by atoms with van der Waals surface area (Å²) in [5, 5.41) is 23.3. The summed E-state index contributed by atoms with van der Waals surface area (Å²) < 4.78 is 97.7. The van der Waals surface area contributed by atoms with Crippen molar-refractivity contribution in [1.82, 2.24) is 15.3 Å². The van der Waals surface area contributed by atoms with Gasteiger partial charge in [0.15, 0.2) is 0 Å². The number of nitrogens with one attached hydrogen (secondary N) is 1. The molecule has 3 heterocycles. The van der Waals surface area contributed by atoms with Crippen molar-refractivity contribution >= 4 is 16.8 Å². The highest BCUT2D eigenvalue weighted by molar-refractivity contribution is 6.00. The topological polar surface area (TPSA) is 114 Å². The average molecular weight is 648 g/mol. The molecule has 2 aromatic heterocycles. The quantitative estimate of drug-likeness (QED) is 0.203. The minimum atomic E-state index is -5.44. The van der Waals surface area contributed by atoms with Gasteiger partial charge in [-0.25, -0.2) is 23.1 Å². The van der Waals surface area contributed by atoms with E-state index in [-0.39, 0.29) is 46.6 Å². The number of carbonyl (C=O) groups excluding carboxylic acids is 1. The number of ether oxygens (including phenoxy) is 2. The van der Waals surface area contributed by atoms with E-state index in [9.17, 15) is 41.4 Å². The molecule has 8 nitrogen and oxygen atoms in total. The number of alkyl halides is 5. The normalized spacial score (nSPS) is 16.9. The molecule has 14 heteroatoms. The van der Waals surface area contributed by atoms with E-state index in [1.165, 1.54) is 30.3 Å². The summed E-state index contributed by atoms with van der Waals surface area (Å²) in [6.07, 6.45) is -4.03. The van der Waals surface area contributed by atoms with Crippen LogP contribution in [0.5, 0.6) is 11.5 Å². The van der Waals surface area contributed by atoms with Crippen molar-refractivity contribution in [3.8, 4) is 22.8 Å². The predicted octanol–water partition coefficient (Wildman–Crippen LogP) is 5.22. The van der Waals surface area contributed by atoms with E-state index < -0.39 is 61.1 Å². The van der Waals surface area contributed by atoms with Gasteiger partial charge in [0.25, 0.3) is 5.91 Å². The van der Waals surface area contributed by atoms with E-state index in [0.29, 0.717) is 16.6 Å². The number of fused-ring (bicyclic) bond motifs is 2. The van der Waals surface area contributed by atoms with E-state index in [1.54, 1.807) is 6.07 Å². The first-order chi connectivity index (χ1) is 21.9. The van der Waals surface area contributed by atoms with E-state index in [4.69, 9.17) is 9.47 Å². The van der Waals surface area contributed by atoms with Gasteiger partial charge in [0.1, 0.15) is 48.5 Å². The summed E-state index contributed by atoms with van der Waals surface area (Å²) in [6.45, 7) is -4.97. The number of benzene rings is 2. The van der Waals surface area contributed by atoms with Crippen LogP contribution in [0.15, 0.2) is 54.6 Å². The monoisotopic (exact) mass is 647 g/mol. The molecule has 1 aliphatic carbocycles. The molecule has 242 valence electrons. The van der Waals surface area contributed by atoms with Crippen LogP contribution >= 0.6 is 0 Å². The van der Waals surface area contributed by atoms with Gasteiger partial charge < -0.3 is 25.0 Å². The number of hydrogen-bond donors (Lipinski definition) is 3. The summed E-state index contributed by atoms with van der Waals surface area (Å²) in [6, 6.07) is 10.9. The van der Waals surface area contributed by atoms with Gasteiger partial charge in [0.2, 0.25) is 5.60 Å². The molecule has 2 aromatic carbocycles. The average Bonchev–Trinajstić information content (AvgIpc) is 3.79. The van der Waals surface area contributed by atoms with Crippen molar-refractivity contribution in [2.45, 2.75) is 42.7 Å².